The van der Waals surface area contributed by atoms with Crippen LogP contribution in [-0.2, 0) is 11.3 Å². The first-order chi connectivity index (χ1) is 12.2. The number of rotatable bonds is 8. The molecule has 0 spiro atoms. The smallest absolute Gasteiger partial charge is 0.340 e. The average Bonchev–Trinajstić information content (AvgIpc) is 2.78. The molecule has 0 radical (unpaired) electrons. The lowest BCUT2D eigenvalue weighted by atomic mass is 10.1. The van der Waals surface area contributed by atoms with Crippen LogP contribution in [0.1, 0.15) is 43.7 Å². The molecule has 0 aliphatic heterocycles. The highest BCUT2D eigenvalue weighted by atomic mass is 16.5. The highest BCUT2D eigenvalue weighted by molar-refractivity contribution is 6.06. The second-order valence-corrected chi connectivity index (χ2v) is 7.55. The van der Waals surface area contributed by atoms with Gasteiger partial charge in [0, 0.05) is 29.7 Å². The number of fused-ring (bicyclic) bond motifs is 1. The predicted octanol–water partition coefficient (Wildman–Crippen LogP) is 4.11. The van der Waals surface area contributed by atoms with Gasteiger partial charge in [-0.05, 0) is 59.0 Å². The third kappa shape index (κ3) is 4.58. The topological polar surface area (TPSA) is 43.7 Å². The van der Waals surface area contributed by atoms with E-state index < -0.39 is 0 Å². The Bertz CT molecular complexity index is 762. The lowest BCUT2D eigenvalue weighted by Gasteiger charge is -2.19. The van der Waals surface area contributed by atoms with Gasteiger partial charge in [-0.1, -0.05) is 13.8 Å². The van der Waals surface area contributed by atoms with Gasteiger partial charge < -0.3 is 18.9 Å². The zero-order valence-corrected chi connectivity index (χ0v) is 17.1. The van der Waals surface area contributed by atoms with Gasteiger partial charge in [0.25, 0.3) is 0 Å². The van der Waals surface area contributed by atoms with E-state index in [9.17, 15) is 4.79 Å². The third-order valence-corrected chi connectivity index (χ3v) is 4.28. The first-order valence-corrected chi connectivity index (χ1v) is 9.35. The number of likely N-dealkylation sites (N-methyl/N-ethyl adjacent to an activating group) is 1. The van der Waals surface area contributed by atoms with Gasteiger partial charge in [0.05, 0.1) is 12.2 Å². The highest BCUT2D eigenvalue weighted by Crippen LogP contribution is 2.31. The van der Waals surface area contributed by atoms with Crippen LogP contribution in [0.3, 0.4) is 0 Å². The lowest BCUT2D eigenvalue weighted by molar-refractivity contribution is 0.0527. The van der Waals surface area contributed by atoms with Gasteiger partial charge in [0.15, 0.2) is 0 Å². The first-order valence-electron chi connectivity index (χ1n) is 9.35. The van der Waals surface area contributed by atoms with Crippen molar-refractivity contribution in [3.05, 3.63) is 29.5 Å². The number of carbonyl (C=O) groups excluding carboxylic acids is 1. The normalized spacial score (nSPS) is 12.8. The standard InChI is InChI=1S/C21H32N2O3/c1-8-25-21(24)20-16(5)23(12-14(2)3)19-10-9-17(11-18(19)20)26-15(4)13-22(6)7/h9-11,14-15H,8,12-13H2,1-7H3. The van der Waals surface area contributed by atoms with Crippen molar-refractivity contribution in [2.75, 3.05) is 27.2 Å². The Balaban J connectivity index is 2.50. The van der Waals surface area contributed by atoms with Crippen molar-refractivity contribution in [2.45, 2.75) is 47.3 Å². The molecule has 0 saturated carbocycles. The zero-order chi connectivity index (χ0) is 19.4. The van der Waals surface area contributed by atoms with Crippen LogP contribution >= 0.6 is 0 Å². The Morgan fingerprint density at radius 1 is 1.23 bits per heavy atom. The number of benzene rings is 1. The fourth-order valence-electron chi connectivity index (χ4n) is 3.38. The van der Waals surface area contributed by atoms with Gasteiger partial charge in [-0.3, -0.25) is 0 Å². The maximum atomic E-state index is 12.6. The van der Waals surface area contributed by atoms with Gasteiger partial charge in [0.1, 0.15) is 11.9 Å². The van der Waals surface area contributed by atoms with E-state index >= 15 is 0 Å². The second-order valence-electron chi connectivity index (χ2n) is 7.55. The van der Waals surface area contributed by atoms with Crippen LogP contribution in [0.5, 0.6) is 5.75 Å². The molecule has 1 heterocycles. The van der Waals surface area contributed by atoms with E-state index in [1.165, 1.54) is 0 Å². The SMILES string of the molecule is CCOC(=O)c1c(C)n(CC(C)C)c2ccc(OC(C)CN(C)C)cc12. The van der Waals surface area contributed by atoms with Crippen LogP contribution in [0, 0.1) is 12.8 Å². The molecule has 0 amide bonds. The molecule has 26 heavy (non-hydrogen) atoms. The number of aromatic nitrogens is 1. The number of nitrogens with zero attached hydrogens (tertiary/aromatic N) is 2. The van der Waals surface area contributed by atoms with Crippen molar-refractivity contribution in [3.63, 3.8) is 0 Å². The molecule has 5 heteroatoms. The summed E-state index contributed by atoms with van der Waals surface area (Å²) in [6, 6.07) is 6.00. The van der Waals surface area contributed by atoms with Crippen LogP contribution in [-0.4, -0.2) is 48.8 Å². The summed E-state index contributed by atoms with van der Waals surface area (Å²) < 4.78 is 13.6. The molecule has 2 rings (SSSR count). The Kier molecular flexibility index (Phi) is 6.70. The number of esters is 1. The van der Waals surface area contributed by atoms with Crippen LogP contribution in [0.4, 0.5) is 0 Å². The number of hydrogen-bond acceptors (Lipinski definition) is 4. The first kappa shape index (κ1) is 20.3. The van der Waals surface area contributed by atoms with E-state index in [2.05, 4.69) is 23.3 Å². The molecular formula is C21H32N2O3. The lowest BCUT2D eigenvalue weighted by Crippen LogP contribution is -2.27. The molecule has 1 aromatic heterocycles. The Morgan fingerprint density at radius 3 is 2.50 bits per heavy atom. The van der Waals surface area contributed by atoms with Crippen LogP contribution in [0.2, 0.25) is 0 Å². The molecule has 0 aliphatic rings. The van der Waals surface area contributed by atoms with E-state index in [1.807, 2.05) is 53.1 Å². The zero-order valence-electron chi connectivity index (χ0n) is 17.1. The monoisotopic (exact) mass is 360 g/mol. The molecule has 1 atom stereocenters. The Labute approximate surface area is 156 Å². The van der Waals surface area contributed by atoms with Gasteiger partial charge >= 0.3 is 5.97 Å². The highest BCUT2D eigenvalue weighted by Gasteiger charge is 2.22. The van der Waals surface area contributed by atoms with E-state index in [0.717, 1.165) is 35.4 Å². The minimum atomic E-state index is -0.268. The van der Waals surface area contributed by atoms with Crippen molar-refractivity contribution < 1.29 is 14.3 Å². The maximum absolute atomic E-state index is 12.6. The summed E-state index contributed by atoms with van der Waals surface area (Å²) in [6.07, 6.45) is 0.0624. The number of hydrogen-bond donors (Lipinski definition) is 0. The van der Waals surface area contributed by atoms with Crippen molar-refractivity contribution >= 4 is 16.9 Å². The van der Waals surface area contributed by atoms with Gasteiger partial charge in [-0.2, -0.15) is 0 Å². The number of carbonyl (C=O) groups is 1. The fourth-order valence-corrected chi connectivity index (χ4v) is 3.38. The van der Waals surface area contributed by atoms with Crippen molar-refractivity contribution in [1.29, 1.82) is 0 Å². The fraction of sp³-hybridized carbons (Fsp3) is 0.571. The summed E-state index contributed by atoms with van der Waals surface area (Å²) in [5.41, 5.74) is 2.64. The molecule has 0 fully saturated rings. The molecule has 0 aliphatic carbocycles. The molecule has 0 saturated heterocycles. The molecular weight excluding hydrogens is 328 g/mol. The summed E-state index contributed by atoms with van der Waals surface area (Å²) in [6.45, 7) is 12.3. The minimum absolute atomic E-state index is 0.0624. The van der Waals surface area contributed by atoms with E-state index in [0.29, 0.717) is 18.1 Å². The molecule has 0 N–H and O–H groups in total. The molecule has 1 unspecified atom stereocenters. The molecule has 5 nitrogen and oxygen atoms in total. The minimum Gasteiger partial charge on any atom is -0.489 e. The second kappa shape index (κ2) is 8.58. The summed E-state index contributed by atoms with van der Waals surface area (Å²) in [5, 5.41) is 0.899. The summed E-state index contributed by atoms with van der Waals surface area (Å²) in [4.78, 5) is 14.7. The van der Waals surface area contributed by atoms with E-state index in [1.54, 1.807) is 0 Å². The molecule has 0 bridgehead atoms. The molecule has 144 valence electrons. The van der Waals surface area contributed by atoms with Crippen LogP contribution < -0.4 is 4.74 Å². The van der Waals surface area contributed by atoms with Crippen LogP contribution in [0.25, 0.3) is 10.9 Å². The van der Waals surface area contributed by atoms with E-state index in [-0.39, 0.29) is 12.1 Å². The quantitative estimate of drug-likeness (QED) is 0.665. The summed E-state index contributed by atoms with van der Waals surface area (Å²) in [5.74, 6) is 0.991. The van der Waals surface area contributed by atoms with Crippen molar-refractivity contribution in [3.8, 4) is 5.75 Å². The van der Waals surface area contributed by atoms with Crippen LogP contribution in [0.15, 0.2) is 18.2 Å². The third-order valence-electron chi connectivity index (χ3n) is 4.28. The number of ether oxygens (including phenoxy) is 2. The molecule has 1 aromatic carbocycles. The van der Waals surface area contributed by atoms with E-state index in [4.69, 9.17) is 9.47 Å². The van der Waals surface area contributed by atoms with Crippen molar-refractivity contribution in [2.24, 2.45) is 5.92 Å². The van der Waals surface area contributed by atoms with Gasteiger partial charge in [-0.25, -0.2) is 4.79 Å². The largest absolute Gasteiger partial charge is 0.489 e. The molecule has 2 aromatic rings. The Hall–Kier alpha value is -2.01. The van der Waals surface area contributed by atoms with Crippen molar-refractivity contribution in [1.82, 2.24) is 9.47 Å². The summed E-state index contributed by atoms with van der Waals surface area (Å²) >= 11 is 0. The Morgan fingerprint density at radius 2 is 1.92 bits per heavy atom. The summed E-state index contributed by atoms with van der Waals surface area (Å²) in [7, 11) is 4.05. The van der Waals surface area contributed by atoms with Gasteiger partial charge in [-0.15, -0.1) is 0 Å². The van der Waals surface area contributed by atoms with Gasteiger partial charge in [0.2, 0.25) is 0 Å². The maximum Gasteiger partial charge on any atom is 0.340 e. The average molecular weight is 360 g/mol. The predicted molar refractivity (Wildman–Crippen MR) is 106 cm³/mol.